The fourth-order valence-electron chi connectivity index (χ4n) is 4.67. The molecule has 1 saturated carbocycles. The maximum absolute atomic E-state index is 13.4. The molecule has 1 atom stereocenters. The smallest absolute Gasteiger partial charge is 0.134 e. The van der Waals surface area contributed by atoms with Gasteiger partial charge in [-0.2, -0.15) is 0 Å². The van der Waals surface area contributed by atoms with Crippen LogP contribution in [-0.4, -0.2) is 54.6 Å². The van der Waals surface area contributed by atoms with Gasteiger partial charge in [0.1, 0.15) is 29.6 Å². The van der Waals surface area contributed by atoms with E-state index in [0.717, 1.165) is 50.4 Å². The minimum absolute atomic E-state index is 0.0695. The highest BCUT2D eigenvalue weighted by molar-refractivity contribution is 5.24. The maximum Gasteiger partial charge on any atom is 0.134 e. The lowest BCUT2D eigenvalue weighted by molar-refractivity contribution is -0.0684. The molecule has 162 valence electrons. The summed E-state index contributed by atoms with van der Waals surface area (Å²) in [4.78, 5) is 2.30. The van der Waals surface area contributed by atoms with Crippen LogP contribution in [0.3, 0.4) is 0 Å². The molecule has 2 fully saturated rings. The van der Waals surface area contributed by atoms with Crippen molar-refractivity contribution in [1.29, 1.82) is 0 Å². The summed E-state index contributed by atoms with van der Waals surface area (Å²) in [6, 6.07) is 14.1. The van der Waals surface area contributed by atoms with Gasteiger partial charge in [-0.25, -0.2) is 8.78 Å². The van der Waals surface area contributed by atoms with Crippen molar-refractivity contribution in [1.82, 2.24) is 4.90 Å². The van der Waals surface area contributed by atoms with Crippen LogP contribution in [0.1, 0.15) is 37.2 Å². The van der Waals surface area contributed by atoms with Crippen LogP contribution >= 0.6 is 0 Å². The second-order valence-electron chi connectivity index (χ2n) is 8.56. The van der Waals surface area contributed by atoms with E-state index in [4.69, 9.17) is 9.47 Å². The van der Waals surface area contributed by atoms with Crippen molar-refractivity contribution >= 4 is 0 Å². The second kappa shape index (κ2) is 9.41. The topological polar surface area (TPSA) is 41.9 Å². The van der Waals surface area contributed by atoms with E-state index in [-0.39, 0.29) is 19.0 Å². The van der Waals surface area contributed by atoms with E-state index in [1.807, 2.05) is 6.07 Å². The van der Waals surface area contributed by atoms with E-state index in [9.17, 15) is 13.9 Å². The third-order valence-corrected chi connectivity index (χ3v) is 6.22. The van der Waals surface area contributed by atoms with Crippen LogP contribution in [-0.2, 0) is 4.74 Å². The lowest BCUT2D eigenvalue weighted by atomic mass is 9.81. The van der Waals surface area contributed by atoms with Gasteiger partial charge >= 0.3 is 0 Å². The highest BCUT2D eigenvalue weighted by Crippen LogP contribution is 2.35. The Morgan fingerprint density at radius 1 is 1.03 bits per heavy atom. The van der Waals surface area contributed by atoms with Crippen LogP contribution in [0.2, 0.25) is 0 Å². The highest BCUT2D eigenvalue weighted by atomic mass is 19.1. The van der Waals surface area contributed by atoms with Crippen LogP contribution in [0.5, 0.6) is 5.75 Å². The number of hydrogen-bond acceptors (Lipinski definition) is 4. The summed E-state index contributed by atoms with van der Waals surface area (Å²) in [5.74, 6) is -0.743. The molecule has 4 rings (SSSR count). The molecule has 2 aromatic rings. The van der Waals surface area contributed by atoms with Crippen LogP contribution in [0.15, 0.2) is 48.5 Å². The Kier molecular flexibility index (Phi) is 6.66. The monoisotopic (exact) mass is 417 g/mol. The first-order chi connectivity index (χ1) is 14.5. The van der Waals surface area contributed by atoms with Crippen LogP contribution < -0.4 is 4.74 Å². The summed E-state index contributed by atoms with van der Waals surface area (Å²) in [6.07, 6.45) is 4.41. The van der Waals surface area contributed by atoms with E-state index in [1.54, 1.807) is 0 Å². The molecular weight excluding hydrogens is 388 g/mol. The number of aliphatic hydroxyl groups is 1. The van der Waals surface area contributed by atoms with E-state index < -0.39 is 17.2 Å². The van der Waals surface area contributed by atoms with Gasteiger partial charge in [-0.05, 0) is 37.2 Å². The number of benzene rings is 2. The third-order valence-electron chi connectivity index (χ3n) is 6.22. The molecule has 6 heteroatoms. The summed E-state index contributed by atoms with van der Waals surface area (Å²) in [5, 5.41) is 11.1. The molecule has 1 N–H and O–H groups in total. The molecule has 1 aliphatic carbocycles. The fourth-order valence-corrected chi connectivity index (χ4v) is 4.67. The minimum Gasteiger partial charge on any atom is -0.490 e. The van der Waals surface area contributed by atoms with Crippen LogP contribution in [0.4, 0.5) is 8.78 Å². The van der Waals surface area contributed by atoms with Crippen molar-refractivity contribution in [2.75, 3.05) is 32.9 Å². The molecule has 30 heavy (non-hydrogen) atoms. The van der Waals surface area contributed by atoms with Gasteiger partial charge in [0.25, 0.3) is 0 Å². The summed E-state index contributed by atoms with van der Waals surface area (Å²) in [6.45, 7) is 1.80. The molecule has 0 amide bonds. The molecule has 1 saturated heterocycles. The summed E-state index contributed by atoms with van der Waals surface area (Å²) >= 11 is 0. The Hall–Kier alpha value is -2.02. The third kappa shape index (κ3) is 5.36. The largest absolute Gasteiger partial charge is 0.490 e. The molecule has 2 aromatic carbocycles. The number of β-amino-alcohol motifs (C(OH)–C–C–N with tert-alkyl or cyclic N) is 1. The zero-order valence-corrected chi connectivity index (χ0v) is 17.1. The number of hydrogen-bond donors (Lipinski definition) is 1. The average Bonchev–Trinajstić information content (AvgIpc) is 2.95. The Labute approximate surface area is 176 Å². The van der Waals surface area contributed by atoms with Gasteiger partial charge in [-0.15, -0.1) is 0 Å². The van der Waals surface area contributed by atoms with Crippen LogP contribution in [0.25, 0.3) is 0 Å². The number of nitrogens with zero attached hydrogens (tertiary/aromatic N) is 1. The molecule has 0 radical (unpaired) electrons. The van der Waals surface area contributed by atoms with E-state index in [1.165, 1.54) is 5.56 Å². The second-order valence-corrected chi connectivity index (χ2v) is 8.56. The molecule has 0 spiro atoms. The molecule has 1 unspecified atom stereocenters. The molecule has 0 bridgehead atoms. The molecule has 4 nitrogen and oxygen atoms in total. The predicted octanol–water partition coefficient (Wildman–Crippen LogP) is 4.13. The normalized spacial score (nSPS) is 28.1. The number of rotatable bonds is 5. The summed E-state index contributed by atoms with van der Waals surface area (Å²) < 4.78 is 38.0. The van der Waals surface area contributed by atoms with Crippen molar-refractivity contribution in [3.8, 4) is 5.75 Å². The van der Waals surface area contributed by atoms with Gasteiger partial charge in [0.2, 0.25) is 0 Å². The number of ether oxygens (including phenoxy) is 2. The van der Waals surface area contributed by atoms with E-state index in [0.29, 0.717) is 25.1 Å². The standard InChI is InChI=1S/C24H29F2NO3/c25-20-12-21(26)14-23(13-20)30-17-24(28)15-27(10-11-29-16-24)22-8-6-19(7-9-22)18-4-2-1-3-5-18/h1-5,12-14,19,22,28H,6-11,15-17H2. The Balaban J connectivity index is 1.35. The Morgan fingerprint density at radius 3 is 2.43 bits per heavy atom. The van der Waals surface area contributed by atoms with Crippen molar-refractivity contribution in [3.05, 3.63) is 65.7 Å². The van der Waals surface area contributed by atoms with Crippen molar-refractivity contribution in [2.45, 2.75) is 43.2 Å². The Bertz CT molecular complexity index is 806. The van der Waals surface area contributed by atoms with E-state index >= 15 is 0 Å². The molecular formula is C24H29F2NO3. The summed E-state index contributed by atoms with van der Waals surface area (Å²) in [7, 11) is 0. The van der Waals surface area contributed by atoms with Crippen molar-refractivity contribution in [2.24, 2.45) is 0 Å². The predicted molar refractivity (Wildman–Crippen MR) is 111 cm³/mol. The Morgan fingerprint density at radius 2 is 1.73 bits per heavy atom. The minimum atomic E-state index is -1.23. The lowest BCUT2D eigenvalue weighted by Crippen LogP contribution is -2.52. The maximum atomic E-state index is 13.4. The quantitative estimate of drug-likeness (QED) is 0.794. The zero-order valence-electron chi connectivity index (χ0n) is 17.1. The van der Waals surface area contributed by atoms with Crippen LogP contribution in [0, 0.1) is 11.6 Å². The molecule has 2 aliphatic rings. The molecule has 1 heterocycles. The fraction of sp³-hybridized carbons (Fsp3) is 0.500. The first kappa shape index (κ1) is 21.2. The molecule has 1 aliphatic heterocycles. The average molecular weight is 417 g/mol. The van der Waals surface area contributed by atoms with Crippen molar-refractivity contribution in [3.63, 3.8) is 0 Å². The number of halogens is 2. The first-order valence-electron chi connectivity index (χ1n) is 10.7. The van der Waals surface area contributed by atoms with E-state index in [2.05, 4.69) is 29.2 Å². The van der Waals surface area contributed by atoms with Crippen molar-refractivity contribution < 1.29 is 23.4 Å². The zero-order chi connectivity index (χ0) is 21.0. The van der Waals surface area contributed by atoms with Gasteiger partial charge in [-0.3, -0.25) is 4.90 Å². The van der Waals surface area contributed by atoms with Gasteiger partial charge in [0, 0.05) is 37.3 Å². The SMILES string of the molecule is OC1(COc2cc(F)cc(F)c2)COCCN(C2CCC(c3ccccc3)CC2)C1. The van der Waals surface area contributed by atoms with Gasteiger partial charge in [0.15, 0.2) is 0 Å². The summed E-state index contributed by atoms with van der Waals surface area (Å²) in [5.41, 5.74) is 0.178. The van der Waals surface area contributed by atoms with Gasteiger partial charge in [0.05, 0.1) is 13.2 Å². The lowest BCUT2D eigenvalue weighted by Gasteiger charge is -2.39. The first-order valence-corrected chi connectivity index (χ1v) is 10.7. The molecule has 0 aromatic heterocycles. The van der Waals surface area contributed by atoms with Gasteiger partial charge < -0.3 is 14.6 Å². The highest BCUT2D eigenvalue weighted by Gasteiger charge is 2.37. The van der Waals surface area contributed by atoms with Gasteiger partial charge in [-0.1, -0.05) is 30.3 Å².